The largest absolute Gasteiger partial charge is 0.460 e. The molecule has 15 heavy (non-hydrogen) atoms. The van der Waals surface area contributed by atoms with Crippen molar-refractivity contribution in [1.29, 1.82) is 0 Å². The van der Waals surface area contributed by atoms with Gasteiger partial charge in [0.1, 0.15) is 0 Å². The van der Waals surface area contributed by atoms with Crippen molar-refractivity contribution in [2.75, 3.05) is 13.2 Å². The summed E-state index contributed by atoms with van der Waals surface area (Å²) in [5.41, 5.74) is 0.194. The highest BCUT2D eigenvalue weighted by atomic mass is 16.6. The summed E-state index contributed by atoms with van der Waals surface area (Å²) < 4.78 is 11.6. The maximum absolute atomic E-state index is 5.82. The van der Waals surface area contributed by atoms with Crippen LogP contribution in [0, 0.1) is 5.41 Å². The molecule has 0 aromatic rings. The molecule has 1 aliphatic rings. The second-order valence-corrected chi connectivity index (χ2v) is 5.47. The van der Waals surface area contributed by atoms with E-state index in [-0.39, 0.29) is 12.5 Å². The molecule has 1 aliphatic heterocycles. The van der Waals surface area contributed by atoms with E-state index in [0.717, 1.165) is 19.6 Å². The predicted octanol–water partition coefficient (Wildman–Crippen LogP) is 3.52. The van der Waals surface area contributed by atoms with Gasteiger partial charge >= 0.3 is 7.12 Å². The molecule has 1 rings (SSSR count). The molecule has 0 bridgehead atoms. The van der Waals surface area contributed by atoms with E-state index in [4.69, 9.17) is 9.31 Å². The van der Waals surface area contributed by atoms with Gasteiger partial charge in [-0.1, -0.05) is 53.4 Å². The molecule has 0 amide bonds. The van der Waals surface area contributed by atoms with Crippen LogP contribution in [0.25, 0.3) is 0 Å². The highest BCUT2D eigenvalue weighted by molar-refractivity contribution is 6.46. The Labute approximate surface area is 94.9 Å². The molecule has 0 aromatic heterocycles. The molecule has 88 valence electrons. The highest BCUT2D eigenvalue weighted by Gasteiger charge is 2.36. The SMILES string of the molecule is CCCCC(CC)B1OCC(C)(C)CO1. The van der Waals surface area contributed by atoms with Gasteiger partial charge in [-0.25, -0.2) is 0 Å². The third-order valence-electron chi connectivity index (χ3n) is 3.11. The summed E-state index contributed by atoms with van der Waals surface area (Å²) in [5.74, 6) is 0.584. The summed E-state index contributed by atoms with van der Waals surface area (Å²) in [6, 6.07) is 0. The van der Waals surface area contributed by atoms with E-state index in [0.29, 0.717) is 5.82 Å². The third kappa shape index (κ3) is 4.16. The minimum atomic E-state index is 0.0505. The lowest BCUT2D eigenvalue weighted by Crippen LogP contribution is -2.43. The Kier molecular flexibility index (Phi) is 5.14. The van der Waals surface area contributed by atoms with E-state index in [1.807, 2.05) is 0 Å². The minimum Gasteiger partial charge on any atom is -0.410 e. The van der Waals surface area contributed by atoms with Crippen LogP contribution in [-0.2, 0) is 9.31 Å². The van der Waals surface area contributed by atoms with Crippen molar-refractivity contribution >= 4 is 7.12 Å². The Balaban J connectivity index is 2.35. The molecule has 1 fully saturated rings. The highest BCUT2D eigenvalue weighted by Crippen LogP contribution is 2.30. The summed E-state index contributed by atoms with van der Waals surface area (Å²) in [6.07, 6.45) is 4.93. The van der Waals surface area contributed by atoms with Gasteiger partial charge in [-0.15, -0.1) is 0 Å². The lowest BCUT2D eigenvalue weighted by atomic mass is 9.66. The number of hydrogen-bond donors (Lipinski definition) is 0. The molecule has 1 atom stereocenters. The van der Waals surface area contributed by atoms with Crippen LogP contribution in [-0.4, -0.2) is 20.3 Å². The molecule has 2 nitrogen and oxygen atoms in total. The zero-order valence-corrected chi connectivity index (χ0v) is 10.7. The lowest BCUT2D eigenvalue weighted by Gasteiger charge is -2.35. The van der Waals surface area contributed by atoms with Crippen LogP contribution in [0.5, 0.6) is 0 Å². The van der Waals surface area contributed by atoms with Gasteiger partial charge in [0.15, 0.2) is 0 Å². The van der Waals surface area contributed by atoms with Gasteiger partial charge in [0.05, 0.1) is 0 Å². The Hall–Kier alpha value is -0.0151. The predicted molar refractivity (Wildman–Crippen MR) is 65.0 cm³/mol. The van der Waals surface area contributed by atoms with Crippen LogP contribution in [0.4, 0.5) is 0 Å². The Bertz CT molecular complexity index is 172. The molecular weight excluding hydrogens is 187 g/mol. The molecule has 0 spiro atoms. The van der Waals surface area contributed by atoms with Crippen LogP contribution in [0.15, 0.2) is 0 Å². The summed E-state index contributed by atoms with van der Waals surface area (Å²) in [6.45, 7) is 10.5. The lowest BCUT2D eigenvalue weighted by molar-refractivity contribution is 0.0232. The average molecular weight is 212 g/mol. The van der Waals surface area contributed by atoms with E-state index >= 15 is 0 Å². The molecule has 0 saturated carbocycles. The van der Waals surface area contributed by atoms with E-state index in [1.165, 1.54) is 19.3 Å². The van der Waals surface area contributed by atoms with E-state index < -0.39 is 0 Å². The van der Waals surface area contributed by atoms with Gasteiger partial charge in [-0.05, 0) is 5.82 Å². The normalized spacial score (nSPS) is 22.8. The number of unbranched alkanes of at least 4 members (excludes halogenated alkanes) is 1. The third-order valence-corrected chi connectivity index (χ3v) is 3.11. The van der Waals surface area contributed by atoms with Gasteiger partial charge in [0.2, 0.25) is 0 Å². The van der Waals surface area contributed by atoms with Crippen molar-refractivity contribution in [3.05, 3.63) is 0 Å². The zero-order chi connectivity index (χ0) is 11.3. The van der Waals surface area contributed by atoms with Crippen LogP contribution in [0.2, 0.25) is 5.82 Å². The van der Waals surface area contributed by atoms with Gasteiger partial charge in [-0.3, -0.25) is 0 Å². The molecule has 1 heterocycles. The van der Waals surface area contributed by atoms with Gasteiger partial charge in [0.25, 0.3) is 0 Å². The Morgan fingerprint density at radius 1 is 1.20 bits per heavy atom. The molecule has 0 aromatic carbocycles. The first kappa shape index (κ1) is 13.1. The monoisotopic (exact) mass is 212 g/mol. The van der Waals surface area contributed by atoms with Crippen molar-refractivity contribution in [3.8, 4) is 0 Å². The maximum atomic E-state index is 5.82. The minimum absolute atomic E-state index is 0.0505. The second kappa shape index (κ2) is 5.90. The molecule has 3 heteroatoms. The first-order chi connectivity index (χ1) is 7.09. The van der Waals surface area contributed by atoms with Crippen molar-refractivity contribution in [3.63, 3.8) is 0 Å². The molecule has 1 unspecified atom stereocenters. The molecule has 0 aliphatic carbocycles. The van der Waals surface area contributed by atoms with E-state index in [2.05, 4.69) is 27.7 Å². The van der Waals surface area contributed by atoms with Crippen molar-refractivity contribution < 1.29 is 9.31 Å². The van der Waals surface area contributed by atoms with Crippen LogP contribution in [0.3, 0.4) is 0 Å². The Morgan fingerprint density at radius 2 is 1.80 bits per heavy atom. The fourth-order valence-electron chi connectivity index (χ4n) is 1.98. The second-order valence-electron chi connectivity index (χ2n) is 5.47. The number of rotatable bonds is 5. The number of hydrogen-bond acceptors (Lipinski definition) is 2. The molecule has 0 N–H and O–H groups in total. The fourth-order valence-corrected chi connectivity index (χ4v) is 1.98. The Morgan fingerprint density at radius 3 is 2.27 bits per heavy atom. The molecular formula is C12H25BO2. The molecule has 1 saturated heterocycles. The quantitative estimate of drug-likeness (QED) is 0.649. The zero-order valence-electron chi connectivity index (χ0n) is 10.7. The summed E-state index contributed by atoms with van der Waals surface area (Å²) in [7, 11) is 0.0505. The van der Waals surface area contributed by atoms with Crippen LogP contribution < -0.4 is 0 Å². The van der Waals surface area contributed by atoms with Gasteiger partial charge in [-0.2, -0.15) is 0 Å². The fraction of sp³-hybridized carbons (Fsp3) is 1.00. The van der Waals surface area contributed by atoms with E-state index in [1.54, 1.807) is 0 Å². The van der Waals surface area contributed by atoms with Crippen molar-refractivity contribution in [2.45, 2.75) is 59.2 Å². The average Bonchev–Trinajstić information content (AvgIpc) is 2.21. The van der Waals surface area contributed by atoms with Crippen LogP contribution >= 0.6 is 0 Å². The summed E-state index contributed by atoms with van der Waals surface area (Å²) >= 11 is 0. The first-order valence-corrected chi connectivity index (χ1v) is 6.32. The van der Waals surface area contributed by atoms with Crippen LogP contribution in [0.1, 0.15) is 53.4 Å². The maximum Gasteiger partial charge on any atom is 0.460 e. The first-order valence-electron chi connectivity index (χ1n) is 6.32. The summed E-state index contributed by atoms with van der Waals surface area (Å²) in [5, 5.41) is 0. The standard InChI is InChI=1S/C12H25BO2/c1-5-7-8-11(6-2)13-14-9-12(3,4)10-15-13/h11H,5-10H2,1-4H3. The topological polar surface area (TPSA) is 18.5 Å². The van der Waals surface area contributed by atoms with Crippen molar-refractivity contribution in [2.24, 2.45) is 5.41 Å². The smallest absolute Gasteiger partial charge is 0.410 e. The van der Waals surface area contributed by atoms with E-state index in [9.17, 15) is 0 Å². The summed E-state index contributed by atoms with van der Waals surface area (Å²) in [4.78, 5) is 0. The van der Waals surface area contributed by atoms with Gasteiger partial charge in [0, 0.05) is 18.6 Å². The van der Waals surface area contributed by atoms with Gasteiger partial charge < -0.3 is 9.31 Å². The molecule has 0 radical (unpaired) electrons. The van der Waals surface area contributed by atoms with Crippen molar-refractivity contribution in [1.82, 2.24) is 0 Å².